The van der Waals surface area contributed by atoms with Crippen molar-refractivity contribution in [3.8, 4) is 0 Å². The molecule has 0 aliphatic carbocycles. The van der Waals surface area contributed by atoms with Gasteiger partial charge >= 0.3 is 6.09 Å². The summed E-state index contributed by atoms with van der Waals surface area (Å²) in [7, 11) is 0. The minimum absolute atomic E-state index is 0.159. The van der Waals surface area contributed by atoms with Gasteiger partial charge in [-0.2, -0.15) is 0 Å². The molecule has 1 saturated heterocycles. The summed E-state index contributed by atoms with van der Waals surface area (Å²) >= 11 is 6.50. The van der Waals surface area contributed by atoms with Crippen LogP contribution in [0.25, 0.3) is 0 Å². The average molecular weight is 492 g/mol. The molecule has 180 valence electrons. The van der Waals surface area contributed by atoms with Crippen molar-refractivity contribution < 1.29 is 14.7 Å². The number of anilines is 3. The summed E-state index contributed by atoms with van der Waals surface area (Å²) in [4.78, 5) is 26.1. The summed E-state index contributed by atoms with van der Waals surface area (Å²) in [5, 5.41) is 26.0. The molecular weight excluding hydrogens is 466 g/mol. The number of halogens is 1. The Morgan fingerprint density at radius 1 is 1.03 bits per heavy atom. The zero-order valence-electron chi connectivity index (χ0n) is 18.9. The molecule has 35 heavy (non-hydrogen) atoms. The van der Waals surface area contributed by atoms with Crippen LogP contribution in [0.2, 0.25) is 5.02 Å². The van der Waals surface area contributed by atoms with Crippen LogP contribution in [0.15, 0.2) is 72.8 Å². The maximum Gasteiger partial charge on any atom is 0.404 e. The van der Waals surface area contributed by atoms with E-state index in [4.69, 9.17) is 22.1 Å². The Hall–Kier alpha value is -4.04. The third-order valence-corrected chi connectivity index (χ3v) is 6.01. The van der Waals surface area contributed by atoms with E-state index in [-0.39, 0.29) is 12.5 Å². The third kappa shape index (κ3) is 6.10. The van der Waals surface area contributed by atoms with Crippen LogP contribution in [0.1, 0.15) is 30.0 Å². The molecule has 1 heterocycles. The lowest BCUT2D eigenvalue weighted by atomic mass is 10.0. The van der Waals surface area contributed by atoms with E-state index in [1.807, 2.05) is 53.4 Å². The quantitative estimate of drug-likeness (QED) is 0.286. The topological polar surface area (TPSA) is 118 Å². The van der Waals surface area contributed by atoms with Crippen LogP contribution in [0.5, 0.6) is 0 Å². The molecule has 0 radical (unpaired) electrons. The lowest BCUT2D eigenvalue weighted by molar-refractivity contribution is -0.117. The Labute approximate surface area is 208 Å². The minimum Gasteiger partial charge on any atom is -0.465 e. The lowest BCUT2D eigenvalue weighted by Crippen LogP contribution is -2.27. The van der Waals surface area contributed by atoms with Gasteiger partial charge in [0.15, 0.2) is 0 Å². The van der Waals surface area contributed by atoms with Crippen molar-refractivity contribution in [3.63, 3.8) is 0 Å². The number of nitrogens with one attached hydrogen (secondary N) is 4. The summed E-state index contributed by atoms with van der Waals surface area (Å²) < 4.78 is 0. The molecule has 1 aliphatic rings. The number of amidine groups is 1. The molecule has 1 atom stereocenters. The first kappa shape index (κ1) is 24.1. The fourth-order valence-corrected chi connectivity index (χ4v) is 4.30. The van der Waals surface area contributed by atoms with E-state index in [9.17, 15) is 9.59 Å². The average Bonchev–Trinajstić information content (AvgIpc) is 3.27. The van der Waals surface area contributed by atoms with Gasteiger partial charge in [0.1, 0.15) is 11.9 Å². The normalized spacial score (nSPS) is 13.9. The summed E-state index contributed by atoms with van der Waals surface area (Å²) in [5.74, 6) is 0.265. The number of carbonyl (C=O) groups excluding carboxylic acids is 1. The smallest absolute Gasteiger partial charge is 0.404 e. The fraction of sp³-hybridized carbons (Fsp3) is 0.192. The predicted octanol–water partition coefficient (Wildman–Crippen LogP) is 5.48. The number of carbonyl (C=O) groups is 2. The van der Waals surface area contributed by atoms with Crippen molar-refractivity contribution >= 4 is 46.5 Å². The Bertz CT molecular complexity index is 1230. The van der Waals surface area contributed by atoms with Crippen molar-refractivity contribution in [2.24, 2.45) is 0 Å². The van der Waals surface area contributed by atoms with E-state index in [0.717, 1.165) is 36.2 Å². The first-order valence-electron chi connectivity index (χ1n) is 11.2. The number of carboxylic acid groups (broad SMARTS) is 1. The molecule has 8 nitrogen and oxygen atoms in total. The number of hydrogen-bond donors (Lipinski definition) is 5. The van der Waals surface area contributed by atoms with Crippen molar-refractivity contribution in [3.05, 3.63) is 88.9 Å². The molecular formula is C26H26ClN5O3. The van der Waals surface area contributed by atoms with Gasteiger partial charge in [-0.15, -0.1) is 0 Å². The van der Waals surface area contributed by atoms with E-state index < -0.39 is 12.1 Å². The second kappa shape index (κ2) is 10.9. The number of benzene rings is 3. The SMILES string of the molecule is N=C1CCCN1c1ccc(NC(=O)C(Nc2cccc(CNC(=O)O)c2)c2ccccc2)cc1Cl. The van der Waals surface area contributed by atoms with E-state index in [2.05, 4.69) is 16.0 Å². The van der Waals surface area contributed by atoms with Crippen LogP contribution >= 0.6 is 11.6 Å². The van der Waals surface area contributed by atoms with Gasteiger partial charge in [-0.1, -0.05) is 54.1 Å². The minimum atomic E-state index is -1.10. The van der Waals surface area contributed by atoms with E-state index >= 15 is 0 Å². The third-order valence-electron chi connectivity index (χ3n) is 5.70. The standard InChI is InChI=1S/C26H26ClN5O3/c27-21-15-20(11-12-22(21)32-13-5-10-23(32)28)31-25(33)24(18-7-2-1-3-8-18)30-19-9-4-6-17(14-19)16-29-26(34)35/h1-4,6-9,11-12,14-15,24,28-30H,5,10,13,16H2,(H,31,33)(H,34,35). The molecule has 0 spiro atoms. The maximum absolute atomic E-state index is 13.4. The van der Waals surface area contributed by atoms with Gasteiger partial charge in [0.05, 0.1) is 10.7 Å². The highest BCUT2D eigenvalue weighted by molar-refractivity contribution is 6.34. The molecule has 4 rings (SSSR count). The van der Waals surface area contributed by atoms with Gasteiger partial charge in [-0.3, -0.25) is 10.2 Å². The largest absolute Gasteiger partial charge is 0.465 e. The molecule has 3 aromatic rings. The molecule has 1 unspecified atom stereocenters. The number of nitrogens with zero attached hydrogens (tertiary/aromatic N) is 1. The second-order valence-electron chi connectivity index (χ2n) is 8.20. The number of amides is 2. The van der Waals surface area contributed by atoms with Crippen molar-refractivity contribution in [1.82, 2.24) is 5.32 Å². The molecule has 9 heteroatoms. The maximum atomic E-state index is 13.4. The molecule has 3 aromatic carbocycles. The molecule has 0 saturated carbocycles. The van der Waals surface area contributed by atoms with Crippen molar-refractivity contribution in [2.45, 2.75) is 25.4 Å². The zero-order valence-corrected chi connectivity index (χ0v) is 19.7. The Kier molecular flexibility index (Phi) is 7.52. The van der Waals surface area contributed by atoms with Gasteiger partial charge in [-0.05, 0) is 47.9 Å². The monoisotopic (exact) mass is 491 g/mol. The Balaban J connectivity index is 1.53. The first-order valence-corrected chi connectivity index (χ1v) is 11.6. The second-order valence-corrected chi connectivity index (χ2v) is 8.61. The summed E-state index contributed by atoms with van der Waals surface area (Å²) in [6, 6.07) is 21.2. The highest BCUT2D eigenvalue weighted by Crippen LogP contribution is 2.32. The first-order chi connectivity index (χ1) is 16.9. The summed E-state index contributed by atoms with van der Waals surface area (Å²) in [5.41, 5.74) is 3.53. The fourth-order valence-electron chi connectivity index (χ4n) is 4.02. The Morgan fingerprint density at radius 3 is 2.51 bits per heavy atom. The molecule has 5 N–H and O–H groups in total. The van der Waals surface area contributed by atoms with Gasteiger partial charge in [0, 0.05) is 30.9 Å². The highest BCUT2D eigenvalue weighted by Gasteiger charge is 2.23. The van der Waals surface area contributed by atoms with E-state index in [1.54, 1.807) is 24.3 Å². The van der Waals surface area contributed by atoms with Crippen LogP contribution in [0.4, 0.5) is 21.9 Å². The number of hydrogen-bond acceptors (Lipinski definition) is 4. The van der Waals surface area contributed by atoms with Gasteiger partial charge < -0.3 is 26.0 Å². The number of rotatable bonds is 8. The van der Waals surface area contributed by atoms with Crippen LogP contribution in [-0.2, 0) is 11.3 Å². The van der Waals surface area contributed by atoms with Crippen molar-refractivity contribution in [2.75, 3.05) is 22.1 Å². The van der Waals surface area contributed by atoms with Crippen LogP contribution < -0.4 is 20.9 Å². The summed E-state index contributed by atoms with van der Waals surface area (Å²) in [6.07, 6.45) is 0.550. The van der Waals surface area contributed by atoms with Gasteiger partial charge in [-0.25, -0.2) is 4.79 Å². The van der Waals surface area contributed by atoms with Crippen LogP contribution in [0, 0.1) is 5.41 Å². The lowest BCUT2D eigenvalue weighted by Gasteiger charge is -2.22. The van der Waals surface area contributed by atoms with Crippen molar-refractivity contribution in [1.29, 1.82) is 5.41 Å². The van der Waals surface area contributed by atoms with Gasteiger partial charge in [0.25, 0.3) is 5.91 Å². The molecule has 1 fully saturated rings. The molecule has 0 aromatic heterocycles. The molecule has 2 amide bonds. The van der Waals surface area contributed by atoms with Crippen LogP contribution in [-0.4, -0.2) is 29.5 Å². The summed E-state index contributed by atoms with van der Waals surface area (Å²) in [6.45, 7) is 0.914. The molecule has 0 bridgehead atoms. The zero-order chi connectivity index (χ0) is 24.8. The predicted molar refractivity (Wildman–Crippen MR) is 139 cm³/mol. The Morgan fingerprint density at radius 2 is 1.83 bits per heavy atom. The van der Waals surface area contributed by atoms with Crippen LogP contribution in [0.3, 0.4) is 0 Å². The highest BCUT2D eigenvalue weighted by atomic mass is 35.5. The molecule has 1 aliphatic heterocycles. The van der Waals surface area contributed by atoms with E-state index in [1.165, 1.54) is 0 Å². The van der Waals surface area contributed by atoms with Gasteiger partial charge in [0.2, 0.25) is 0 Å². The van der Waals surface area contributed by atoms with E-state index in [0.29, 0.717) is 22.2 Å².